The van der Waals surface area contributed by atoms with Gasteiger partial charge in [-0.3, -0.25) is 4.98 Å². The standard InChI is InChI=1S/C16H22ClN3.2BrH/c1-3-18-9-4-5-12(2)20-15-8-10-19-16-11-13(17)6-7-14(15)16;;/h6-8,10-12,18H,3-5,9H2,1-2H3,(H,19,20);2*1H. The van der Waals surface area contributed by atoms with Crippen LogP contribution in [0, 0.1) is 0 Å². The van der Waals surface area contributed by atoms with E-state index in [0.717, 1.165) is 41.1 Å². The van der Waals surface area contributed by atoms with Crippen molar-refractivity contribution >= 4 is 62.2 Å². The zero-order chi connectivity index (χ0) is 14.4. The van der Waals surface area contributed by atoms with E-state index in [4.69, 9.17) is 11.6 Å². The van der Waals surface area contributed by atoms with E-state index in [-0.39, 0.29) is 34.0 Å². The molecule has 1 atom stereocenters. The normalized spacial score (nSPS) is 11.4. The topological polar surface area (TPSA) is 37.0 Å². The Kier molecular flexibility index (Phi) is 11.0. The first kappa shape index (κ1) is 21.6. The molecule has 0 radical (unpaired) electrons. The number of benzene rings is 1. The number of anilines is 1. The van der Waals surface area contributed by atoms with Crippen molar-refractivity contribution in [1.29, 1.82) is 0 Å². The molecule has 2 N–H and O–H groups in total. The quantitative estimate of drug-likeness (QED) is 0.564. The van der Waals surface area contributed by atoms with Gasteiger partial charge in [-0.15, -0.1) is 34.0 Å². The Balaban J connectivity index is 0.00000220. The molecule has 0 amide bonds. The van der Waals surface area contributed by atoms with Crippen LogP contribution in [0.1, 0.15) is 26.7 Å². The number of rotatable bonds is 7. The summed E-state index contributed by atoms with van der Waals surface area (Å²) in [6.45, 7) is 6.47. The number of halogens is 3. The van der Waals surface area contributed by atoms with Crippen molar-refractivity contribution < 1.29 is 0 Å². The van der Waals surface area contributed by atoms with Crippen molar-refractivity contribution in [2.24, 2.45) is 0 Å². The van der Waals surface area contributed by atoms with E-state index < -0.39 is 0 Å². The van der Waals surface area contributed by atoms with Gasteiger partial charge in [0, 0.05) is 28.3 Å². The molecule has 1 heterocycles. The number of pyridine rings is 1. The highest BCUT2D eigenvalue weighted by atomic mass is 79.9. The van der Waals surface area contributed by atoms with Gasteiger partial charge in [0.1, 0.15) is 0 Å². The summed E-state index contributed by atoms with van der Waals surface area (Å²) in [6, 6.07) is 8.30. The molecule has 22 heavy (non-hydrogen) atoms. The molecular formula is C16H24Br2ClN3. The van der Waals surface area contributed by atoms with Crippen LogP contribution < -0.4 is 10.6 Å². The van der Waals surface area contributed by atoms with Gasteiger partial charge in [0.2, 0.25) is 0 Å². The summed E-state index contributed by atoms with van der Waals surface area (Å²) in [4.78, 5) is 4.36. The summed E-state index contributed by atoms with van der Waals surface area (Å²) < 4.78 is 0. The van der Waals surface area contributed by atoms with Gasteiger partial charge in [-0.1, -0.05) is 18.5 Å². The first-order valence-electron chi connectivity index (χ1n) is 7.22. The van der Waals surface area contributed by atoms with Crippen molar-refractivity contribution in [2.45, 2.75) is 32.7 Å². The fourth-order valence-corrected chi connectivity index (χ4v) is 2.46. The molecule has 6 heteroatoms. The molecule has 0 aliphatic rings. The first-order chi connectivity index (χ1) is 9.70. The van der Waals surface area contributed by atoms with E-state index in [1.54, 1.807) is 0 Å². The van der Waals surface area contributed by atoms with Crippen molar-refractivity contribution in [2.75, 3.05) is 18.4 Å². The van der Waals surface area contributed by atoms with Crippen LogP contribution in [0.4, 0.5) is 5.69 Å². The molecule has 0 fully saturated rings. The van der Waals surface area contributed by atoms with Crippen molar-refractivity contribution in [3.8, 4) is 0 Å². The van der Waals surface area contributed by atoms with Crippen LogP contribution in [-0.4, -0.2) is 24.1 Å². The third-order valence-electron chi connectivity index (χ3n) is 3.35. The number of nitrogens with one attached hydrogen (secondary N) is 2. The van der Waals surface area contributed by atoms with Crippen LogP contribution in [0.25, 0.3) is 10.9 Å². The van der Waals surface area contributed by atoms with Crippen LogP contribution >= 0.6 is 45.6 Å². The Hall–Kier alpha value is -0.360. The minimum atomic E-state index is 0. The van der Waals surface area contributed by atoms with Crippen molar-refractivity contribution in [1.82, 2.24) is 10.3 Å². The smallest absolute Gasteiger partial charge is 0.0737 e. The maximum absolute atomic E-state index is 6.01. The average Bonchev–Trinajstić information content (AvgIpc) is 2.43. The molecule has 0 saturated carbocycles. The lowest BCUT2D eigenvalue weighted by Gasteiger charge is -2.16. The molecule has 1 unspecified atom stereocenters. The summed E-state index contributed by atoms with van der Waals surface area (Å²) >= 11 is 6.01. The maximum atomic E-state index is 6.01. The summed E-state index contributed by atoms with van der Waals surface area (Å²) in [7, 11) is 0. The van der Waals surface area contributed by atoms with Gasteiger partial charge in [0.05, 0.1) is 5.52 Å². The average molecular weight is 454 g/mol. The number of hydrogen-bond acceptors (Lipinski definition) is 3. The van der Waals surface area contributed by atoms with Gasteiger partial charge in [-0.2, -0.15) is 0 Å². The molecule has 2 rings (SSSR count). The minimum Gasteiger partial charge on any atom is -0.382 e. The highest BCUT2D eigenvalue weighted by Crippen LogP contribution is 2.25. The second-order valence-corrected chi connectivity index (χ2v) is 5.50. The van der Waals surface area contributed by atoms with Gasteiger partial charge in [0.25, 0.3) is 0 Å². The SMILES string of the molecule is Br.Br.CCNCCCC(C)Nc1ccnc2cc(Cl)ccc12. The lowest BCUT2D eigenvalue weighted by molar-refractivity contribution is 0.603. The second-order valence-electron chi connectivity index (χ2n) is 5.06. The summed E-state index contributed by atoms with van der Waals surface area (Å²) in [6.07, 6.45) is 4.15. The molecule has 0 bridgehead atoms. The summed E-state index contributed by atoms with van der Waals surface area (Å²) in [5.41, 5.74) is 2.06. The predicted octanol–water partition coefficient (Wildman–Crippen LogP) is 5.23. The Morgan fingerprint density at radius 2 is 2.00 bits per heavy atom. The van der Waals surface area contributed by atoms with E-state index in [0.29, 0.717) is 6.04 Å². The fourth-order valence-electron chi connectivity index (χ4n) is 2.29. The molecule has 124 valence electrons. The molecule has 0 spiro atoms. The summed E-state index contributed by atoms with van der Waals surface area (Å²) in [5, 5.41) is 8.77. The second kappa shape index (κ2) is 11.2. The Labute approximate surface area is 158 Å². The number of hydrogen-bond donors (Lipinski definition) is 2. The third kappa shape index (κ3) is 6.41. The van der Waals surface area contributed by atoms with Crippen LogP contribution in [0.15, 0.2) is 30.5 Å². The predicted molar refractivity (Wildman–Crippen MR) is 108 cm³/mol. The first-order valence-corrected chi connectivity index (χ1v) is 7.60. The lowest BCUT2D eigenvalue weighted by Crippen LogP contribution is -2.19. The van der Waals surface area contributed by atoms with Crippen molar-refractivity contribution in [3.05, 3.63) is 35.5 Å². The fraction of sp³-hybridized carbons (Fsp3) is 0.438. The van der Waals surface area contributed by atoms with Crippen LogP contribution in [0.3, 0.4) is 0 Å². The van der Waals surface area contributed by atoms with Crippen LogP contribution in [0.5, 0.6) is 0 Å². The van der Waals surface area contributed by atoms with Gasteiger partial charge in [0.15, 0.2) is 0 Å². The van der Waals surface area contributed by atoms with E-state index >= 15 is 0 Å². The third-order valence-corrected chi connectivity index (χ3v) is 3.58. The Morgan fingerprint density at radius 1 is 1.23 bits per heavy atom. The van der Waals surface area contributed by atoms with E-state index in [1.165, 1.54) is 6.42 Å². The van der Waals surface area contributed by atoms with Gasteiger partial charge >= 0.3 is 0 Å². The molecule has 1 aromatic heterocycles. The van der Waals surface area contributed by atoms with E-state index in [2.05, 4.69) is 29.5 Å². The highest BCUT2D eigenvalue weighted by Gasteiger charge is 2.06. The Morgan fingerprint density at radius 3 is 2.73 bits per heavy atom. The molecule has 1 aromatic carbocycles. The zero-order valence-corrected chi connectivity index (χ0v) is 17.1. The van der Waals surface area contributed by atoms with Gasteiger partial charge in [-0.05, 0) is 57.1 Å². The van der Waals surface area contributed by atoms with Crippen molar-refractivity contribution in [3.63, 3.8) is 0 Å². The molecule has 2 aromatic rings. The number of fused-ring (bicyclic) bond motifs is 1. The lowest BCUT2D eigenvalue weighted by atomic mass is 10.1. The minimum absolute atomic E-state index is 0. The zero-order valence-electron chi connectivity index (χ0n) is 12.9. The molecule has 0 aliphatic heterocycles. The number of aromatic nitrogens is 1. The largest absolute Gasteiger partial charge is 0.382 e. The van der Waals surface area contributed by atoms with Gasteiger partial charge in [-0.25, -0.2) is 0 Å². The maximum Gasteiger partial charge on any atom is 0.0737 e. The highest BCUT2D eigenvalue weighted by molar-refractivity contribution is 8.93. The Bertz CT molecular complexity index is 566. The summed E-state index contributed by atoms with van der Waals surface area (Å²) in [5.74, 6) is 0. The van der Waals surface area contributed by atoms with Crippen LogP contribution in [0.2, 0.25) is 5.02 Å². The van der Waals surface area contributed by atoms with E-state index in [1.807, 2.05) is 30.5 Å². The number of nitrogens with zero attached hydrogens (tertiary/aromatic N) is 1. The molecule has 0 aliphatic carbocycles. The molecule has 0 saturated heterocycles. The van der Waals surface area contributed by atoms with Gasteiger partial charge < -0.3 is 10.6 Å². The monoisotopic (exact) mass is 451 g/mol. The van der Waals surface area contributed by atoms with E-state index in [9.17, 15) is 0 Å². The van der Waals surface area contributed by atoms with Crippen LogP contribution in [-0.2, 0) is 0 Å². The molecule has 3 nitrogen and oxygen atoms in total. The molecular weight excluding hydrogens is 429 g/mol.